The van der Waals surface area contributed by atoms with Crippen molar-refractivity contribution in [2.45, 2.75) is 32.1 Å². The first kappa shape index (κ1) is 14.3. The zero-order chi connectivity index (χ0) is 13.1. The van der Waals surface area contributed by atoms with E-state index in [9.17, 15) is 17.6 Å². The molecule has 0 amide bonds. The van der Waals surface area contributed by atoms with Gasteiger partial charge in [-0.05, 0) is 24.6 Å². The molecule has 1 unspecified atom stereocenters. The molecule has 17 heavy (non-hydrogen) atoms. The maximum absolute atomic E-state index is 12.8. The molecule has 0 aliphatic carbocycles. The Morgan fingerprint density at radius 3 is 2.53 bits per heavy atom. The van der Waals surface area contributed by atoms with Gasteiger partial charge in [0.15, 0.2) is 0 Å². The highest BCUT2D eigenvalue weighted by Crippen LogP contribution is 2.21. The third kappa shape index (κ3) is 5.37. The van der Waals surface area contributed by atoms with Gasteiger partial charge in [-0.3, -0.25) is 0 Å². The number of alkyl halides is 3. The summed E-state index contributed by atoms with van der Waals surface area (Å²) in [5, 5.41) is 2.67. The minimum atomic E-state index is -4.19. The van der Waals surface area contributed by atoms with Crippen LogP contribution in [0.25, 0.3) is 0 Å². The molecule has 0 aromatic heterocycles. The fraction of sp³-hybridized carbons (Fsp3) is 0.455. The summed E-state index contributed by atoms with van der Waals surface area (Å²) >= 11 is 5.55. The molecule has 1 rings (SSSR count). The number of nitrogens with one attached hydrogen (secondary N) is 1. The maximum Gasteiger partial charge on any atom is 0.390 e. The van der Waals surface area contributed by atoms with E-state index in [1.54, 1.807) is 0 Å². The molecule has 0 spiro atoms. The monoisotopic (exact) mass is 269 g/mol. The molecular formula is C11H12ClF4N. The smallest absolute Gasteiger partial charge is 0.310 e. The van der Waals surface area contributed by atoms with Gasteiger partial charge in [0.05, 0.1) is 11.4 Å². The summed E-state index contributed by atoms with van der Waals surface area (Å²) in [5.74, 6) is -0.543. The van der Waals surface area contributed by atoms with Gasteiger partial charge in [0.25, 0.3) is 0 Å². The van der Waals surface area contributed by atoms with Crippen LogP contribution in [0.15, 0.2) is 18.2 Å². The topological polar surface area (TPSA) is 12.0 Å². The minimum Gasteiger partial charge on any atom is -0.310 e. The van der Waals surface area contributed by atoms with E-state index in [-0.39, 0.29) is 11.6 Å². The Labute approximate surface area is 102 Å². The van der Waals surface area contributed by atoms with E-state index in [0.717, 1.165) is 0 Å². The Balaban J connectivity index is 2.47. The van der Waals surface area contributed by atoms with Gasteiger partial charge in [0, 0.05) is 12.6 Å². The summed E-state index contributed by atoms with van der Waals surface area (Å²) in [6, 6.07) is 3.37. The largest absolute Gasteiger partial charge is 0.390 e. The molecule has 0 saturated heterocycles. The van der Waals surface area contributed by atoms with Crippen molar-refractivity contribution in [1.82, 2.24) is 5.32 Å². The predicted molar refractivity (Wildman–Crippen MR) is 58.4 cm³/mol. The zero-order valence-electron chi connectivity index (χ0n) is 9.11. The lowest BCUT2D eigenvalue weighted by Crippen LogP contribution is -2.30. The van der Waals surface area contributed by atoms with E-state index >= 15 is 0 Å². The van der Waals surface area contributed by atoms with E-state index in [0.29, 0.717) is 5.56 Å². The highest BCUT2D eigenvalue weighted by Gasteiger charge is 2.29. The zero-order valence-corrected chi connectivity index (χ0v) is 9.87. The van der Waals surface area contributed by atoms with Gasteiger partial charge in [0.1, 0.15) is 5.82 Å². The lowest BCUT2D eigenvalue weighted by atomic mass is 10.2. The second-order valence-corrected chi connectivity index (χ2v) is 4.26. The van der Waals surface area contributed by atoms with Gasteiger partial charge >= 0.3 is 6.18 Å². The molecule has 0 saturated carbocycles. The first-order chi connectivity index (χ1) is 7.78. The summed E-state index contributed by atoms with van der Waals surface area (Å²) in [4.78, 5) is 0. The van der Waals surface area contributed by atoms with E-state index in [2.05, 4.69) is 5.32 Å². The SMILES string of the molecule is CC(CC(F)(F)F)NCc1ccc(F)c(Cl)c1. The van der Waals surface area contributed by atoms with E-state index in [1.165, 1.54) is 25.1 Å². The molecule has 0 heterocycles. The molecule has 0 aliphatic rings. The van der Waals surface area contributed by atoms with Crippen molar-refractivity contribution >= 4 is 11.6 Å². The molecule has 0 radical (unpaired) electrons. The molecule has 0 bridgehead atoms. The van der Waals surface area contributed by atoms with Crippen molar-refractivity contribution < 1.29 is 17.6 Å². The van der Waals surface area contributed by atoms with Crippen LogP contribution in [0.4, 0.5) is 17.6 Å². The molecule has 0 aliphatic heterocycles. The summed E-state index contributed by atoms with van der Waals surface area (Å²) in [7, 11) is 0. The van der Waals surface area contributed by atoms with Gasteiger partial charge in [-0.15, -0.1) is 0 Å². The number of hydrogen-bond donors (Lipinski definition) is 1. The first-order valence-electron chi connectivity index (χ1n) is 5.02. The van der Waals surface area contributed by atoms with Gasteiger partial charge in [0.2, 0.25) is 0 Å². The van der Waals surface area contributed by atoms with Crippen LogP contribution in [-0.4, -0.2) is 12.2 Å². The lowest BCUT2D eigenvalue weighted by molar-refractivity contribution is -0.139. The fourth-order valence-corrected chi connectivity index (χ4v) is 1.56. The van der Waals surface area contributed by atoms with Gasteiger partial charge in [-0.1, -0.05) is 17.7 Å². The Morgan fingerprint density at radius 1 is 1.35 bits per heavy atom. The first-order valence-corrected chi connectivity index (χ1v) is 5.40. The second kappa shape index (κ2) is 5.69. The summed E-state index contributed by atoms with van der Waals surface area (Å²) in [5.41, 5.74) is 0.644. The van der Waals surface area contributed by atoms with Gasteiger partial charge < -0.3 is 5.32 Å². The molecule has 1 atom stereocenters. The second-order valence-electron chi connectivity index (χ2n) is 3.85. The van der Waals surface area contributed by atoms with Crippen molar-refractivity contribution in [3.8, 4) is 0 Å². The number of hydrogen-bond acceptors (Lipinski definition) is 1. The van der Waals surface area contributed by atoms with Crippen LogP contribution in [0.2, 0.25) is 5.02 Å². The average Bonchev–Trinajstić information content (AvgIpc) is 2.17. The van der Waals surface area contributed by atoms with E-state index in [1.807, 2.05) is 0 Å². The molecule has 1 nitrogen and oxygen atoms in total. The Kier molecular flexibility index (Phi) is 4.77. The standard InChI is InChI=1S/C11H12ClF4N/c1-7(5-11(14,15)16)17-6-8-2-3-10(13)9(12)4-8/h2-4,7,17H,5-6H2,1H3. The summed E-state index contributed by atoms with van der Waals surface area (Å²) < 4.78 is 48.9. The van der Waals surface area contributed by atoms with E-state index in [4.69, 9.17) is 11.6 Å². The van der Waals surface area contributed by atoms with Crippen LogP contribution in [0.5, 0.6) is 0 Å². The molecule has 6 heteroatoms. The van der Waals surface area contributed by atoms with Crippen LogP contribution in [0.3, 0.4) is 0 Å². The quantitative estimate of drug-likeness (QED) is 0.817. The third-order valence-electron chi connectivity index (χ3n) is 2.18. The minimum absolute atomic E-state index is 0.0345. The Hall–Kier alpha value is -0.810. The van der Waals surface area contributed by atoms with Crippen molar-refractivity contribution in [2.24, 2.45) is 0 Å². The third-order valence-corrected chi connectivity index (χ3v) is 2.47. The highest BCUT2D eigenvalue weighted by atomic mass is 35.5. The number of benzene rings is 1. The number of halogens is 5. The highest BCUT2D eigenvalue weighted by molar-refractivity contribution is 6.30. The lowest BCUT2D eigenvalue weighted by Gasteiger charge is -2.15. The molecule has 0 fully saturated rings. The Morgan fingerprint density at radius 2 is 2.00 bits per heavy atom. The Bertz CT molecular complexity index is 378. The van der Waals surface area contributed by atoms with Gasteiger partial charge in [-0.25, -0.2) is 4.39 Å². The molecule has 96 valence electrons. The number of rotatable bonds is 4. The molecule has 1 aromatic rings. The molecular weight excluding hydrogens is 258 g/mol. The normalized spacial score (nSPS) is 13.8. The predicted octanol–water partition coefficient (Wildman–Crippen LogP) is 3.91. The summed E-state index contributed by atoms with van der Waals surface area (Å²) in [6.07, 6.45) is -5.09. The molecule has 1 aromatic carbocycles. The van der Waals surface area contributed by atoms with E-state index < -0.39 is 24.5 Å². The van der Waals surface area contributed by atoms with Gasteiger partial charge in [-0.2, -0.15) is 13.2 Å². The van der Waals surface area contributed by atoms with Crippen LogP contribution in [-0.2, 0) is 6.54 Å². The van der Waals surface area contributed by atoms with Crippen LogP contribution < -0.4 is 5.32 Å². The molecule has 1 N–H and O–H groups in total. The fourth-order valence-electron chi connectivity index (χ4n) is 1.36. The average molecular weight is 270 g/mol. The van der Waals surface area contributed by atoms with Crippen molar-refractivity contribution in [2.75, 3.05) is 0 Å². The van der Waals surface area contributed by atoms with Crippen molar-refractivity contribution in [3.05, 3.63) is 34.6 Å². The van der Waals surface area contributed by atoms with Crippen LogP contribution in [0.1, 0.15) is 18.9 Å². The maximum atomic E-state index is 12.8. The van der Waals surface area contributed by atoms with Crippen LogP contribution in [0, 0.1) is 5.82 Å². The summed E-state index contributed by atoms with van der Waals surface area (Å²) in [6.45, 7) is 1.66. The van der Waals surface area contributed by atoms with Crippen LogP contribution >= 0.6 is 11.6 Å². The van der Waals surface area contributed by atoms with Crippen molar-refractivity contribution in [1.29, 1.82) is 0 Å². The van der Waals surface area contributed by atoms with Crippen molar-refractivity contribution in [3.63, 3.8) is 0 Å².